The number of nitrogens with one attached hydrogen (secondary N) is 3. The number of hydrogen-bond acceptors (Lipinski definition) is 4. The molecule has 8 heteroatoms. The molecule has 0 fully saturated rings. The summed E-state index contributed by atoms with van der Waals surface area (Å²) in [6.07, 6.45) is 2.42. The van der Waals surface area contributed by atoms with Crippen LogP contribution in [0.1, 0.15) is 16.2 Å². The Labute approximate surface area is 106 Å². The van der Waals surface area contributed by atoms with Gasteiger partial charge in [-0.25, -0.2) is 4.79 Å². The Morgan fingerprint density at radius 3 is 2.68 bits per heavy atom. The van der Waals surface area contributed by atoms with Crippen LogP contribution in [0.25, 0.3) is 0 Å². The molecule has 0 saturated carbocycles. The minimum atomic E-state index is -0.978. The van der Waals surface area contributed by atoms with Crippen molar-refractivity contribution in [1.82, 2.24) is 15.0 Å². The highest BCUT2D eigenvalue weighted by Crippen LogP contribution is 2.08. The monoisotopic (exact) mass is 262 g/mol. The van der Waals surface area contributed by atoms with Crippen molar-refractivity contribution in [2.75, 3.05) is 5.32 Å². The van der Waals surface area contributed by atoms with Crippen molar-refractivity contribution in [1.29, 1.82) is 0 Å². The lowest BCUT2D eigenvalue weighted by molar-refractivity contribution is -0.136. The standard InChI is InChI=1S/C11H10N4O4/c16-9(17)3-6-1-2-7(4-12-6)14-10(18)8-5-13-11(19)15-8/h1-2,4-5H,3H2,(H,14,18)(H,16,17)(H2,13,15,19). The molecule has 19 heavy (non-hydrogen) atoms. The van der Waals surface area contributed by atoms with Crippen molar-refractivity contribution in [3.8, 4) is 0 Å². The predicted octanol–water partition coefficient (Wildman–Crippen LogP) is -0.0226. The summed E-state index contributed by atoms with van der Waals surface area (Å²) in [7, 11) is 0. The zero-order valence-electron chi connectivity index (χ0n) is 9.64. The molecule has 0 radical (unpaired) electrons. The van der Waals surface area contributed by atoms with Gasteiger partial charge >= 0.3 is 11.7 Å². The summed E-state index contributed by atoms with van der Waals surface area (Å²) in [6.45, 7) is 0. The summed E-state index contributed by atoms with van der Waals surface area (Å²) in [4.78, 5) is 41.5. The van der Waals surface area contributed by atoms with Crippen LogP contribution in [0, 0.1) is 0 Å². The van der Waals surface area contributed by atoms with Crippen LogP contribution in [0.15, 0.2) is 29.3 Å². The number of carbonyl (C=O) groups is 2. The average Bonchev–Trinajstić information content (AvgIpc) is 2.78. The molecule has 0 aromatic carbocycles. The van der Waals surface area contributed by atoms with Gasteiger partial charge in [0.1, 0.15) is 5.69 Å². The van der Waals surface area contributed by atoms with E-state index >= 15 is 0 Å². The lowest BCUT2D eigenvalue weighted by Gasteiger charge is -2.03. The van der Waals surface area contributed by atoms with Crippen LogP contribution in [0.3, 0.4) is 0 Å². The van der Waals surface area contributed by atoms with E-state index in [9.17, 15) is 14.4 Å². The quantitative estimate of drug-likeness (QED) is 0.615. The molecular formula is C11H10N4O4. The fourth-order valence-corrected chi connectivity index (χ4v) is 1.41. The number of aromatic amines is 2. The molecule has 2 aromatic rings. The van der Waals surface area contributed by atoms with Gasteiger partial charge in [0.25, 0.3) is 5.91 Å². The van der Waals surface area contributed by atoms with Gasteiger partial charge in [-0.15, -0.1) is 0 Å². The van der Waals surface area contributed by atoms with Crippen molar-refractivity contribution in [3.05, 3.63) is 46.4 Å². The van der Waals surface area contributed by atoms with Gasteiger partial charge < -0.3 is 20.4 Å². The van der Waals surface area contributed by atoms with E-state index in [1.807, 2.05) is 0 Å². The van der Waals surface area contributed by atoms with Gasteiger partial charge in [0.2, 0.25) is 0 Å². The maximum atomic E-state index is 11.7. The van der Waals surface area contributed by atoms with E-state index in [4.69, 9.17) is 5.11 Å². The molecule has 98 valence electrons. The Kier molecular flexibility index (Phi) is 3.42. The highest BCUT2D eigenvalue weighted by Gasteiger charge is 2.08. The molecule has 0 spiro atoms. The first-order valence-electron chi connectivity index (χ1n) is 5.30. The predicted molar refractivity (Wildman–Crippen MR) is 64.9 cm³/mol. The lowest BCUT2D eigenvalue weighted by atomic mass is 10.2. The van der Waals surface area contributed by atoms with Gasteiger partial charge in [0.15, 0.2) is 0 Å². The number of anilines is 1. The third-order valence-corrected chi connectivity index (χ3v) is 2.26. The molecule has 0 aliphatic rings. The third-order valence-electron chi connectivity index (χ3n) is 2.26. The van der Waals surface area contributed by atoms with Crippen molar-refractivity contribution in [3.63, 3.8) is 0 Å². The SMILES string of the molecule is O=C(O)Cc1ccc(NC(=O)c2c[nH]c(=O)[nH]2)cn1. The van der Waals surface area contributed by atoms with E-state index < -0.39 is 17.6 Å². The fraction of sp³-hybridized carbons (Fsp3) is 0.0909. The summed E-state index contributed by atoms with van der Waals surface area (Å²) in [6, 6.07) is 3.04. The lowest BCUT2D eigenvalue weighted by Crippen LogP contribution is -2.14. The Bertz CT molecular complexity index is 656. The van der Waals surface area contributed by atoms with Gasteiger partial charge in [-0.1, -0.05) is 0 Å². The summed E-state index contributed by atoms with van der Waals surface area (Å²) < 4.78 is 0. The number of aromatic nitrogens is 3. The molecule has 0 unspecified atom stereocenters. The molecule has 8 nitrogen and oxygen atoms in total. The molecular weight excluding hydrogens is 252 g/mol. The van der Waals surface area contributed by atoms with Crippen LogP contribution in [0.5, 0.6) is 0 Å². The fourth-order valence-electron chi connectivity index (χ4n) is 1.41. The number of pyridine rings is 1. The smallest absolute Gasteiger partial charge is 0.323 e. The zero-order valence-corrected chi connectivity index (χ0v) is 9.64. The first-order chi connectivity index (χ1) is 9.04. The summed E-state index contributed by atoms with van der Waals surface area (Å²) in [5.74, 6) is -1.47. The third kappa shape index (κ3) is 3.28. The number of carbonyl (C=O) groups excluding carboxylic acids is 1. The van der Waals surface area contributed by atoms with Crippen LogP contribution in [0.2, 0.25) is 0 Å². The molecule has 0 aliphatic carbocycles. The average molecular weight is 262 g/mol. The number of aliphatic carboxylic acids is 1. The molecule has 2 aromatic heterocycles. The van der Waals surface area contributed by atoms with Gasteiger partial charge in [-0.3, -0.25) is 14.6 Å². The number of imidazole rings is 1. The number of hydrogen-bond donors (Lipinski definition) is 4. The van der Waals surface area contributed by atoms with Gasteiger partial charge in [0, 0.05) is 6.20 Å². The summed E-state index contributed by atoms with van der Waals surface area (Å²) >= 11 is 0. The minimum absolute atomic E-state index is 0.0969. The number of rotatable bonds is 4. The van der Waals surface area contributed by atoms with E-state index in [1.165, 1.54) is 24.5 Å². The van der Waals surface area contributed by atoms with Crippen molar-refractivity contribution < 1.29 is 14.7 Å². The number of H-pyrrole nitrogens is 2. The van der Waals surface area contributed by atoms with Crippen LogP contribution in [-0.4, -0.2) is 31.9 Å². The van der Waals surface area contributed by atoms with Gasteiger partial charge in [0.05, 0.1) is 24.0 Å². The topological polar surface area (TPSA) is 128 Å². The highest BCUT2D eigenvalue weighted by molar-refractivity contribution is 6.02. The van der Waals surface area contributed by atoms with E-state index in [2.05, 4.69) is 20.3 Å². The summed E-state index contributed by atoms with van der Waals surface area (Å²) in [5, 5.41) is 11.1. The Morgan fingerprint density at radius 2 is 2.16 bits per heavy atom. The second kappa shape index (κ2) is 5.17. The molecule has 1 amide bonds. The summed E-state index contributed by atoms with van der Waals surface area (Å²) in [5.41, 5.74) is 0.418. The number of carboxylic acid groups (broad SMARTS) is 1. The van der Waals surface area contributed by atoms with E-state index in [0.717, 1.165) is 0 Å². The zero-order chi connectivity index (χ0) is 13.8. The van der Waals surface area contributed by atoms with Crippen LogP contribution in [0.4, 0.5) is 5.69 Å². The van der Waals surface area contributed by atoms with E-state index in [1.54, 1.807) is 0 Å². The number of carboxylic acids is 1. The minimum Gasteiger partial charge on any atom is -0.481 e. The molecule has 2 rings (SSSR count). The number of amides is 1. The second-order valence-electron chi connectivity index (χ2n) is 3.72. The Morgan fingerprint density at radius 1 is 1.37 bits per heavy atom. The van der Waals surface area contributed by atoms with Crippen molar-refractivity contribution in [2.24, 2.45) is 0 Å². The van der Waals surface area contributed by atoms with E-state index in [0.29, 0.717) is 11.4 Å². The molecule has 0 saturated heterocycles. The number of nitrogens with zero attached hydrogens (tertiary/aromatic N) is 1. The molecule has 2 heterocycles. The van der Waals surface area contributed by atoms with E-state index in [-0.39, 0.29) is 12.1 Å². The maximum Gasteiger partial charge on any atom is 0.323 e. The molecule has 0 bridgehead atoms. The molecule has 4 N–H and O–H groups in total. The second-order valence-corrected chi connectivity index (χ2v) is 3.72. The molecule has 0 atom stereocenters. The van der Waals surface area contributed by atoms with Crippen molar-refractivity contribution in [2.45, 2.75) is 6.42 Å². The van der Waals surface area contributed by atoms with Gasteiger partial charge in [-0.2, -0.15) is 0 Å². The highest BCUT2D eigenvalue weighted by atomic mass is 16.4. The van der Waals surface area contributed by atoms with Crippen molar-refractivity contribution >= 4 is 17.6 Å². The maximum absolute atomic E-state index is 11.7. The van der Waals surface area contributed by atoms with Gasteiger partial charge in [-0.05, 0) is 12.1 Å². The Balaban J connectivity index is 2.05. The van der Waals surface area contributed by atoms with Crippen LogP contribution >= 0.6 is 0 Å². The van der Waals surface area contributed by atoms with Crippen LogP contribution in [-0.2, 0) is 11.2 Å². The van der Waals surface area contributed by atoms with Crippen LogP contribution < -0.4 is 11.0 Å². The first kappa shape index (κ1) is 12.6. The normalized spacial score (nSPS) is 10.1. The molecule has 0 aliphatic heterocycles. The largest absolute Gasteiger partial charge is 0.481 e. The first-order valence-corrected chi connectivity index (χ1v) is 5.30. The Hall–Kier alpha value is -2.90.